The summed E-state index contributed by atoms with van der Waals surface area (Å²) < 4.78 is 6.03. The Morgan fingerprint density at radius 3 is 2.55 bits per heavy atom. The van der Waals surface area contributed by atoms with E-state index in [1.807, 2.05) is 27.9 Å². The number of carbonyl (C=O) groups excluding carboxylic acids is 1. The largest absolute Gasteiger partial charge is 0.508 e. The van der Waals surface area contributed by atoms with Crippen molar-refractivity contribution in [2.75, 3.05) is 32.1 Å². The Hall–Kier alpha value is -1.75. The molecule has 0 unspecified atom stereocenters. The number of anilines is 1. The highest BCUT2D eigenvalue weighted by atomic mass is 16.5. The summed E-state index contributed by atoms with van der Waals surface area (Å²) in [7, 11) is 4.03. The number of hydrogen-bond donors (Lipinski definition) is 1. The zero-order valence-electron chi connectivity index (χ0n) is 13.9. The Morgan fingerprint density at radius 2 is 1.95 bits per heavy atom. The lowest BCUT2D eigenvalue weighted by molar-refractivity contribution is -0.136. The smallest absolute Gasteiger partial charge is 0.271 e. The summed E-state index contributed by atoms with van der Waals surface area (Å²) in [5.74, 6) is 0.813. The Bertz CT molecular complexity index is 539. The molecular formula is C17H26N2O3. The molecule has 0 fully saturated rings. The van der Waals surface area contributed by atoms with Gasteiger partial charge < -0.3 is 19.6 Å². The first-order chi connectivity index (χ1) is 10.4. The summed E-state index contributed by atoms with van der Waals surface area (Å²) in [6, 6.07) is 4.96. The number of aromatic hydroxyl groups is 1. The van der Waals surface area contributed by atoms with Gasteiger partial charge in [0.05, 0.1) is 5.69 Å². The van der Waals surface area contributed by atoms with Gasteiger partial charge in [0.15, 0.2) is 5.60 Å². The fourth-order valence-electron chi connectivity index (χ4n) is 2.88. The lowest BCUT2D eigenvalue weighted by Crippen LogP contribution is -2.56. The minimum Gasteiger partial charge on any atom is -0.508 e. The number of hydrogen-bond acceptors (Lipinski definition) is 4. The fourth-order valence-corrected chi connectivity index (χ4v) is 2.88. The molecule has 0 bridgehead atoms. The van der Waals surface area contributed by atoms with Gasteiger partial charge in [0.25, 0.3) is 5.91 Å². The van der Waals surface area contributed by atoms with Gasteiger partial charge in [-0.2, -0.15) is 0 Å². The van der Waals surface area contributed by atoms with Gasteiger partial charge in [0, 0.05) is 12.6 Å². The van der Waals surface area contributed by atoms with Crippen LogP contribution >= 0.6 is 0 Å². The van der Waals surface area contributed by atoms with Crippen LogP contribution in [-0.2, 0) is 4.79 Å². The first-order valence-corrected chi connectivity index (χ1v) is 7.92. The van der Waals surface area contributed by atoms with Crippen molar-refractivity contribution in [2.45, 2.75) is 38.7 Å². The molecular weight excluding hydrogens is 280 g/mol. The summed E-state index contributed by atoms with van der Waals surface area (Å²) in [5.41, 5.74) is -0.122. The van der Waals surface area contributed by atoms with Crippen molar-refractivity contribution in [3.63, 3.8) is 0 Å². The van der Waals surface area contributed by atoms with Crippen molar-refractivity contribution < 1.29 is 14.6 Å². The number of ether oxygens (including phenoxy) is 1. The van der Waals surface area contributed by atoms with Crippen molar-refractivity contribution >= 4 is 11.6 Å². The molecule has 5 heteroatoms. The molecule has 122 valence electrons. The number of benzene rings is 1. The topological polar surface area (TPSA) is 53.0 Å². The molecule has 1 aromatic carbocycles. The highest BCUT2D eigenvalue weighted by Crippen LogP contribution is 2.42. The van der Waals surface area contributed by atoms with Crippen LogP contribution in [0.25, 0.3) is 0 Å². The van der Waals surface area contributed by atoms with Gasteiger partial charge in [-0.05, 0) is 52.0 Å². The van der Waals surface area contributed by atoms with E-state index in [9.17, 15) is 9.90 Å². The normalized spacial score (nSPS) is 16.6. The summed E-state index contributed by atoms with van der Waals surface area (Å²) >= 11 is 0. The Balaban J connectivity index is 2.35. The van der Waals surface area contributed by atoms with Gasteiger partial charge in [-0.15, -0.1) is 0 Å². The van der Waals surface area contributed by atoms with E-state index in [2.05, 4.69) is 4.90 Å². The van der Waals surface area contributed by atoms with Crippen LogP contribution in [0.3, 0.4) is 0 Å². The number of amides is 1. The summed E-state index contributed by atoms with van der Waals surface area (Å²) in [5, 5.41) is 9.75. The van der Waals surface area contributed by atoms with Gasteiger partial charge in [-0.1, -0.05) is 13.8 Å². The molecule has 0 aromatic heterocycles. The average Bonchev–Trinajstić information content (AvgIpc) is 2.49. The van der Waals surface area contributed by atoms with Crippen LogP contribution in [0.15, 0.2) is 18.2 Å². The second-order valence-corrected chi connectivity index (χ2v) is 6.07. The van der Waals surface area contributed by atoms with Crippen molar-refractivity contribution in [1.82, 2.24) is 4.90 Å². The zero-order chi connectivity index (χ0) is 16.3. The van der Waals surface area contributed by atoms with Crippen molar-refractivity contribution in [1.29, 1.82) is 0 Å². The minimum atomic E-state index is -0.790. The molecule has 0 aliphatic carbocycles. The SMILES string of the molecule is CCC1(CC)Oc2ccc(O)cc2N(CCCN(C)C)C1=O. The molecule has 2 rings (SSSR count). The predicted octanol–water partition coefficient (Wildman–Crippen LogP) is 2.63. The van der Waals surface area contributed by atoms with E-state index in [0.29, 0.717) is 30.8 Å². The second kappa shape index (κ2) is 6.57. The molecule has 5 nitrogen and oxygen atoms in total. The third-order valence-electron chi connectivity index (χ3n) is 4.30. The van der Waals surface area contributed by atoms with E-state index in [0.717, 1.165) is 13.0 Å². The van der Waals surface area contributed by atoms with Crippen molar-refractivity contribution in [2.24, 2.45) is 0 Å². The number of rotatable bonds is 6. The van der Waals surface area contributed by atoms with Crippen LogP contribution in [0.2, 0.25) is 0 Å². The number of nitrogens with zero attached hydrogens (tertiary/aromatic N) is 2. The van der Waals surface area contributed by atoms with Gasteiger partial charge in [-0.3, -0.25) is 4.79 Å². The first-order valence-electron chi connectivity index (χ1n) is 7.92. The van der Waals surface area contributed by atoms with E-state index in [-0.39, 0.29) is 11.7 Å². The molecule has 0 saturated heterocycles. The van der Waals surface area contributed by atoms with Crippen LogP contribution in [0.4, 0.5) is 5.69 Å². The molecule has 22 heavy (non-hydrogen) atoms. The quantitative estimate of drug-likeness (QED) is 0.878. The predicted molar refractivity (Wildman–Crippen MR) is 87.6 cm³/mol. The molecule has 1 N–H and O–H groups in total. The molecule has 1 aliphatic rings. The molecule has 1 amide bonds. The number of phenols is 1. The van der Waals surface area contributed by atoms with Crippen LogP contribution in [0.5, 0.6) is 11.5 Å². The minimum absolute atomic E-state index is 0.00523. The molecule has 0 spiro atoms. The molecule has 0 atom stereocenters. The van der Waals surface area contributed by atoms with Crippen molar-refractivity contribution in [3.05, 3.63) is 18.2 Å². The van der Waals surface area contributed by atoms with Gasteiger partial charge in [-0.25, -0.2) is 0 Å². The number of fused-ring (bicyclic) bond motifs is 1. The average molecular weight is 306 g/mol. The van der Waals surface area contributed by atoms with E-state index < -0.39 is 5.60 Å². The lowest BCUT2D eigenvalue weighted by atomic mass is 9.92. The molecule has 1 heterocycles. The van der Waals surface area contributed by atoms with Crippen molar-refractivity contribution in [3.8, 4) is 11.5 Å². The van der Waals surface area contributed by atoms with E-state index >= 15 is 0 Å². The van der Waals surface area contributed by atoms with E-state index in [1.54, 1.807) is 23.1 Å². The summed E-state index contributed by atoms with van der Waals surface area (Å²) in [6.07, 6.45) is 2.14. The standard InChI is InChI=1S/C17H26N2O3/c1-5-17(6-2)16(21)19(11-7-10-18(3)4)14-12-13(20)8-9-15(14)22-17/h8-9,12,20H,5-7,10-11H2,1-4H3. The maximum atomic E-state index is 13.0. The molecule has 1 aliphatic heterocycles. The molecule has 0 radical (unpaired) electrons. The van der Waals surface area contributed by atoms with Gasteiger partial charge >= 0.3 is 0 Å². The van der Waals surface area contributed by atoms with E-state index in [1.165, 1.54) is 0 Å². The summed E-state index contributed by atoms with van der Waals surface area (Å²) in [6.45, 7) is 5.48. The highest BCUT2D eigenvalue weighted by Gasteiger charge is 2.45. The number of phenolic OH excluding ortho intramolecular Hbond substituents is 1. The maximum Gasteiger partial charge on any atom is 0.271 e. The lowest BCUT2D eigenvalue weighted by Gasteiger charge is -2.42. The van der Waals surface area contributed by atoms with Gasteiger partial charge in [0.2, 0.25) is 0 Å². The Kier molecular flexibility index (Phi) is 4.96. The third kappa shape index (κ3) is 3.04. The van der Waals surface area contributed by atoms with Crippen LogP contribution in [0.1, 0.15) is 33.1 Å². The Labute approximate surface area is 132 Å². The van der Waals surface area contributed by atoms with Crippen LogP contribution < -0.4 is 9.64 Å². The summed E-state index contributed by atoms with van der Waals surface area (Å²) in [4.78, 5) is 16.8. The van der Waals surface area contributed by atoms with Gasteiger partial charge in [0.1, 0.15) is 11.5 Å². The third-order valence-corrected chi connectivity index (χ3v) is 4.30. The Morgan fingerprint density at radius 1 is 1.27 bits per heavy atom. The molecule has 1 aromatic rings. The number of carbonyl (C=O) groups is 1. The highest BCUT2D eigenvalue weighted by molar-refractivity contribution is 6.03. The second-order valence-electron chi connectivity index (χ2n) is 6.07. The monoisotopic (exact) mass is 306 g/mol. The maximum absolute atomic E-state index is 13.0. The van der Waals surface area contributed by atoms with Crippen LogP contribution in [-0.4, -0.2) is 48.7 Å². The fraction of sp³-hybridized carbons (Fsp3) is 0.588. The van der Waals surface area contributed by atoms with E-state index in [4.69, 9.17) is 4.74 Å². The molecule has 0 saturated carbocycles. The van der Waals surface area contributed by atoms with Crippen LogP contribution in [0, 0.1) is 0 Å². The zero-order valence-corrected chi connectivity index (χ0v) is 13.9. The first kappa shape index (κ1) is 16.6.